The molecule has 0 unspecified atom stereocenters. The van der Waals surface area contributed by atoms with E-state index in [0.717, 1.165) is 5.56 Å². The van der Waals surface area contributed by atoms with Crippen molar-refractivity contribution in [3.63, 3.8) is 0 Å². The van der Waals surface area contributed by atoms with Gasteiger partial charge in [-0.3, -0.25) is 4.79 Å². The predicted molar refractivity (Wildman–Crippen MR) is 117 cm³/mol. The molecule has 0 atom stereocenters. The fourth-order valence-electron chi connectivity index (χ4n) is 2.95. The van der Waals surface area contributed by atoms with Crippen molar-refractivity contribution in [1.29, 1.82) is 0 Å². The first-order valence-electron chi connectivity index (χ1n) is 9.43. The zero-order valence-corrected chi connectivity index (χ0v) is 17.0. The lowest BCUT2D eigenvalue weighted by atomic mass is 10.2. The van der Waals surface area contributed by atoms with Gasteiger partial charge in [-0.25, -0.2) is 4.98 Å². The number of carbonyl (C=O) groups excluding carboxylic acids is 1. The molecule has 5 nitrogen and oxygen atoms in total. The van der Waals surface area contributed by atoms with Crippen molar-refractivity contribution < 1.29 is 13.9 Å². The van der Waals surface area contributed by atoms with E-state index in [-0.39, 0.29) is 12.3 Å². The standard InChI is InChI=1S/C24H19ClN2O3/c1-16-20(27-24(29-16)17-9-3-2-4-10-17)15-23(28)26-19-12-6-8-14-22(19)30-21-13-7-5-11-18(21)25/h2-14H,15H2,1H3,(H,26,28). The van der Waals surface area contributed by atoms with Crippen LogP contribution < -0.4 is 10.1 Å². The highest BCUT2D eigenvalue weighted by Crippen LogP contribution is 2.33. The van der Waals surface area contributed by atoms with Crippen molar-refractivity contribution in [3.05, 3.63) is 95.3 Å². The first-order valence-corrected chi connectivity index (χ1v) is 9.81. The van der Waals surface area contributed by atoms with Gasteiger partial charge in [0.05, 0.1) is 22.8 Å². The average Bonchev–Trinajstić information content (AvgIpc) is 3.12. The maximum absolute atomic E-state index is 12.7. The Labute approximate surface area is 179 Å². The minimum Gasteiger partial charge on any atom is -0.454 e. The van der Waals surface area contributed by atoms with E-state index in [4.69, 9.17) is 20.8 Å². The molecule has 0 fully saturated rings. The Bertz CT molecular complexity index is 1170. The third-order valence-corrected chi connectivity index (χ3v) is 4.77. The van der Waals surface area contributed by atoms with Gasteiger partial charge in [0, 0.05) is 5.56 Å². The number of nitrogens with zero attached hydrogens (tertiary/aromatic N) is 1. The van der Waals surface area contributed by atoms with Crippen molar-refractivity contribution in [2.24, 2.45) is 0 Å². The van der Waals surface area contributed by atoms with Crippen LogP contribution in [0.4, 0.5) is 5.69 Å². The van der Waals surface area contributed by atoms with Gasteiger partial charge < -0.3 is 14.5 Å². The lowest BCUT2D eigenvalue weighted by Gasteiger charge is -2.12. The topological polar surface area (TPSA) is 64.4 Å². The summed E-state index contributed by atoms with van der Waals surface area (Å²) >= 11 is 6.18. The highest BCUT2D eigenvalue weighted by atomic mass is 35.5. The largest absolute Gasteiger partial charge is 0.454 e. The van der Waals surface area contributed by atoms with Crippen molar-refractivity contribution in [1.82, 2.24) is 4.98 Å². The zero-order valence-electron chi connectivity index (χ0n) is 16.3. The summed E-state index contributed by atoms with van der Waals surface area (Å²) in [6.45, 7) is 1.80. The molecule has 1 heterocycles. The molecule has 1 N–H and O–H groups in total. The van der Waals surface area contributed by atoms with E-state index < -0.39 is 0 Å². The van der Waals surface area contributed by atoms with Crippen LogP contribution >= 0.6 is 11.6 Å². The third kappa shape index (κ3) is 4.53. The molecule has 4 rings (SSSR count). The van der Waals surface area contributed by atoms with Crippen LogP contribution in [-0.4, -0.2) is 10.9 Å². The van der Waals surface area contributed by atoms with Crippen LogP contribution in [-0.2, 0) is 11.2 Å². The number of nitrogens with one attached hydrogen (secondary N) is 1. The minimum absolute atomic E-state index is 0.0859. The SMILES string of the molecule is Cc1oc(-c2ccccc2)nc1CC(=O)Nc1ccccc1Oc1ccccc1Cl. The number of ether oxygens (including phenoxy) is 1. The quantitative estimate of drug-likeness (QED) is 0.400. The molecule has 0 aliphatic heterocycles. The van der Waals surface area contributed by atoms with E-state index in [1.54, 1.807) is 31.2 Å². The van der Waals surface area contributed by atoms with Crippen LogP contribution in [0.15, 0.2) is 83.3 Å². The number of rotatable bonds is 6. The first-order chi connectivity index (χ1) is 14.6. The lowest BCUT2D eigenvalue weighted by Crippen LogP contribution is -2.15. The van der Waals surface area contributed by atoms with Gasteiger partial charge in [-0.05, 0) is 43.3 Å². The third-order valence-electron chi connectivity index (χ3n) is 4.46. The Morgan fingerprint density at radius 2 is 1.63 bits per heavy atom. The van der Waals surface area contributed by atoms with E-state index in [1.165, 1.54) is 0 Å². The molecule has 0 aliphatic carbocycles. The molecule has 1 amide bonds. The molecule has 30 heavy (non-hydrogen) atoms. The minimum atomic E-state index is -0.221. The number of aromatic nitrogens is 1. The van der Waals surface area contributed by atoms with Crippen LogP contribution in [0.25, 0.3) is 11.5 Å². The number of para-hydroxylation sites is 3. The Hall–Kier alpha value is -3.57. The maximum atomic E-state index is 12.7. The Balaban J connectivity index is 1.49. The highest BCUT2D eigenvalue weighted by Gasteiger charge is 2.16. The summed E-state index contributed by atoms with van der Waals surface area (Å²) < 4.78 is 11.6. The lowest BCUT2D eigenvalue weighted by molar-refractivity contribution is -0.115. The van der Waals surface area contributed by atoms with Gasteiger partial charge in [-0.15, -0.1) is 0 Å². The van der Waals surface area contributed by atoms with Crippen LogP contribution in [0.2, 0.25) is 5.02 Å². The molecule has 1 aromatic heterocycles. The molecule has 150 valence electrons. The number of amides is 1. The number of hydrogen-bond donors (Lipinski definition) is 1. The summed E-state index contributed by atoms with van der Waals surface area (Å²) in [5.41, 5.74) is 2.01. The van der Waals surface area contributed by atoms with Crippen LogP contribution in [0, 0.1) is 6.92 Å². The number of hydrogen-bond acceptors (Lipinski definition) is 4. The van der Waals surface area contributed by atoms with Crippen LogP contribution in [0.1, 0.15) is 11.5 Å². The fourth-order valence-corrected chi connectivity index (χ4v) is 3.12. The molecule has 0 aliphatic rings. The van der Waals surface area contributed by atoms with E-state index in [1.807, 2.05) is 54.6 Å². The normalized spacial score (nSPS) is 10.6. The molecule has 0 saturated carbocycles. The van der Waals surface area contributed by atoms with Crippen molar-refractivity contribution in [2.45, 2.75) is 13.3 Å². The second-order valence-electron chi connectivity index (χ2n) is 6.64. The van der Waals surface area contributed by atoms with Crippen molar-refractivity contribution >= 4 is 23.2 Å². The zero-order chi connectivity index (χ0) is 20.9. The average molecular weight is 419 g/mol. The van der Waals surface area contributed by atoms with Gasteiger partial charge >= 0.3 is 0 Å². The smallest absolute Gasteiger partial charge is 0.230 e. The number of carbonyl (C=O) groups is 1. The number of anilines is 1. The van der Waals surface area contributed by atoms with Gasteiger partial charge in [-0.1, -0.05) is 54.1 Å². The molecule has 0 saturated heterocycles. The molecular weight excluding hydrogens is 400 g/mol. The predicted octanol–water partition coefficient (Wildman–Crippen LogP) is 6.28. The van der Waals surface area contributed by atoms with Crippen LogP contribution in [0.5, 0.6) is 11.5 Å². The van der Waals surface area contributed by atoms with E-state index >= 15 is 0 Å². The molecule has 0 radical (unpaired) electrons. The molecular formula is C24H19ClN2O3. The van der Waals surface area contributed by atoms with Gasteiger partial charge in [0.1, 0.15) is 11.5 Å². The molecule has 4 aromatic rings. The molecule has 6 heteroatoms. The fraction of sp³-hybridized carbons (Fsp3) is 0.0833. The summed E-state index contributed by atoms with van der Waals surface area (Å²) in [5, 5.41) is 3.38. The van der Waals surface area contributed by atoms with Gasteiger partial charge in [0.2, 0.25) is 11.8 Å². The second-order valence-corrected chi connectivity index (χ2v) is 7.05. The Morgan fingerprint density at radius 3 is 2.40 bits per heavy atom. The Kier molecular flexibility index (Phi) is 5.82. The van der Waals surface area contributed by atoms with Crippen molar-refractivity contribution in [2.75, 3.05) is 5.32 Å². The number of aryl methyl sites for hydroxylation is 1. The van der Waals surface area contributed by atoms with E-state index in [0.29, 0.717) is 39.6 Å². The van der Waals surface area contributed by atoms with E-state index in [2.05, 4.69) is 10.3 Å². The number of benzene rings is 3. The second kappa shape index (κ2) is 8.84. The number of halogens is 1. The van der Waals surface area contributed by atoms with Gasteiger partial charge in [0.25, 0.3) is 0 Å². The summed E-state index contributed by atoms with van der Waals surface area (Å²) in [4.78, 5) is 17.2. The summed E-state index contributed by atoms with van der Waals surface area (Å²) in [6, 6.07) is 24.0. The van der Waals surface area contributed by atoms with Crippen molar-refractivity contribution in [3.8, 4) is 23.0 Å². The highest BCUT2D eigenvalue weighted by molar-refractivity contribution is 6.32. The summed E-state index contributed by atoms with van der Waals surface area (Å²) in [7, 11) is 0. The van der Waals surface area contributed by atoms with Gasteiger partial charge in [0.15, 0.2) is 5.75 Å². The van der Waals surface area contributed by atoms with Crippen LogP contribution in [0.3, 0.4) is 0 Å². The Morgan fingerprint density at radius 1 is 0.967 bits per heavy atom. The first kappa shape index (κ1) is 19.7. The monoisotopic (exact) mass is 418 g/mol. The van der Waals surface area contributed by atoms with E-state index in [9.17, 15) is 4.79 Å². The molecule has 0 bridgehead atoms. The van der Waals surface area contributed by atoms with Gasteiger partial charge in [-0.2, -0.15) is 0 Å². The molecule has 3 aromatic carbocycles. The summed E-state index contributed by atoms with van der Waals surface area (Å²) in [6.07, 6.45) is 0.0859. The molecule has 0 spiro atoms. The summed E-state index contributed by atoms with van der Waals surface area (Å²) in [5.74, 6) is 1.91. The number of oxazole rings is 1. The maximum Gasteiger partial charge on any atom is 0.230 e.